The quantitative estimate of drug-likeness (QED) is 0.0872. The zero-order valence-corrected chi connectivity index (χ0v) is 24.5. The molecule has 3 unspecified atom stereocenters. The summed E-state index contributed by atoms with van der Waals surface area (Å²) in [6, 6.07) is 0. The van der Waals surface area contributed by atoms with Crippen LogP contribution in [0.15, 0.2) is 0 Å². The van der Waals surface area contributed by atoms with E-state index in [9.17, 15) is 0 Å². The number of carbonyl (C=O) groups excluding carboxylic acids is 4. The second kappa shape index (κ2) is 60.9. The van der Waals surface area contributed by atoms with Crippen LogP contribution in [-0.2, 0) is 43.0 Å². The Balaban J connectivity index is -0.0000000347. The van der Waals surface area contributed by atoms with Crippen molar-refractivity contribution in [1.29, 1.82) is 0 Å². The molecule has 0 aliphatic carbocycles. The lowest BCUT2D eigenvalue weighted by molar-refractivity contribution is -0.286. The first-order valence-corrected chi connectivity index (χ1v) is 11.4. The summed E-state index contributed by atoms with van der Waals surface area (Å²) in [5.41, 5.74) is 0. The maximum Gasteiger partial charge on any atom is 0.414 e. The van der Waals surface area contributed by atoms with Crippen LogP contribution in [0.25, 0.3) is 0 Å². The summed E-state index contributed by atoms with van der Waals surface area (Å²) in [7, 11) is 1.00. The highest BCUT2D eigenvalue weighted by Crippen LogP contribution is 2.19. The molecule has 0 radical (unpaired) electrons. The highest BCUT2D eigenvalue weighted by molar-refractivity contribution is 6.27. The number of aliphatic carboxylic acids is 2. The molecule has 0 aromatic rings. The van der Waals surface area contributed by atoms with Crippen LogP contribution in [0.5, 0.6) is 0 Å². The van der Waals surface area contributed by atoms with Gasteiger partial charge in [0.25, 0.3) is 6.47 Å². The number of rotatable bonds is 1. The van der Waals surface area contributed by atoms with E-state index in [-0.39, 0.29) is 73.8 Å². The Hall–Kier alpha value is -3.43. The van der Waals surface area contributed by atoms with Crippen molar-refractivity contribution in [3.63, 3.8) is 0 Å². The van der Waals surface area contributed by atoms with Gasteiger partial charge in [-0.1, -0.05) is 29.7 Å². The summed E-state index contributed by atoms with van der Waals surface area (Å²) in [6.07, 6.45) is -11.8. The third kappa shape index (κ3) is 54.0. The zero-order chi connectivity index (χ0) is 37.7. The molecular formula is C25H60O25. The van der Waals surface area contributed by atoms with Gasteiger partial charge in [-0.25, -0.2) is 9.59 Å². The minimum absolute atomic E-state index is 0. The second-order valence-corrected chi connectivity index (χ2v) is 6.51. The van der Waals surface area contributed by atoms with Gasteiger partial charge in [-0.3, -0.25) is 4.79 Å². The van der Waals surface area contributed by atoms with Gasteiger partial charge in [-0.2, -0.15) is 19.2 Å². The fourth-order valence-corrected chi connectivity index (χ4v) is 1.87. The van der Waals surface area contributed by atoms with E-state index in [1.54, 1.807) is 13.8 Å². The molecule has 310 valence electrons. The molecule has 0 aromatic carbocycles. The molecule has 2 aliphatic heterocycles. The Bertz CT molecular complexity index is 684. The Morgan fingerprint density at radius 3 is 1.14 bits per heavy atom. The van der Waals surface area contributed by atoms with Gasteiger partial charge in [0.2, 0.25) is 0 Å². The summed E-state index contributed by atoms with van der Waals surface area (Å²) in [4.78, 5) is 59.1. The third-order valence-electron chi connectivity index (χ3n) is 3.52. The molecule has 25 nitrogen and oxygen atoms in total. The van der Waals surface area contributed by atoms with Crippen LogP contribution >= 0.6 is 0 Å². The maximum absolute atomic E-state index is 9.12. The van der Waals surface area contributed by atoms with Crippen LogP contribution in [0, 0.1) is 0 Å². The fourth-order valence-electron chi connectivity index (χ4n) is 1.87. The summed E-state index contributed by atoms with van der Waals surface area (Å²) < 4.78 is 9.04. The topological polar surface area (TPSA) is 473 Å². The van der Waals surface area contributed by atoms with E-state index < -0.39 is 73.9 Å². The molecule has 0 bridgehead atoms. The SMILES string of the molecule is C.C.C.C.CCO.CCO.CO.O.O=C(O)C(=O)O.O=C=O.O=C=O.O=CO.OC1[C@H](O)OC[C@@H](O)[C@@H]1O.OCC1O[C@H](O)C(O)[C@@H](O)[C@@H]1O. The molecule has 0 saturated carbocycles. The molecular weight excluding hydrogens is 700 g/mol. The van der Waals surface area contributed by atoms with E-state index in [0.29, 0.717) is 0 Å². The van der Waals surface area contributed by atoms with Crippen molar-refractivity contribution < 1.29 is 125 Å². The summed E-state index contributed by atoms with van der Waals surface area (Å²) in [5.74, 6) is -3.65. The number of carboxylic acids is 2. The molecule has 2 rings (SSSR count). The van der Waals surface area contributed by atoms with Gasteiger partial charge in [-0.05, 0) is 13.8 Å². The van der Waals surface area contributed by atoms with Crippen molar-refractivity contribution in [2.75, 3.05) is 33.5 Å². The number of ether oxygens (including phenoxy) is 2. The Labute approximate surface area is 288 Å². The zero-order valence-electron chi connectivity index (χ0n) is 24.5. The number of hydrogen-bond donors (Lipinski definition) is 15. The van der Waals surface area contributed by atoms with E-state index in [2.05, 4.69) is 9.47 Å². The number of carboxylic acid groups (broad SMARTS) is 3. The fraction of sp³-hybridized carbons (Fsp3) is 0.800. The van der Waals surface area contributed by atoms with Gasteiger partial charge in [0.15, 0.2) is 12.6 Å². The predicted octanol–water partition coefficient (Wildman–Crippen LogP) is -6.79. The average Bonchev–Trinajstić information content (AvgIpc) is 2.98. The second-order valence-electron chi connectivity index (χ2n) is 6.51. The Morgan fingerprint density at radius 1 is 0.660 bits per heavy atom. The lowest BCUT2D eigenvalue weighted by atomic mass is 10.00. The molecule has 25 heteroatoms. The van der Waals surface area contributed by atoms with E-state index in [0.717, 1.165) is 7.11 Å². The van der Waals surface area contributed by atoms with Crippen LogP contribution in [0.2, 0.25) is 0 Å². The highest BCUT2D eigenvalue weighted by atomic mass is 16.6. The summed E-state index contributed by atoms with van der Waals surface area (Å²) >= 11 is 0. The summed E-state index contributed by atoms with van der Waals surface area (Å²) in [5, 5.41) is 124. The van der Waals surface area contributed by atoms with Crippen molar-refractivity contribution in [3.8, 4) is 0 Å². The van der Waals surface area contributed by atoms with Crippen molar-refractivity contribution in [1.82, 2.24) is 0 Å². The van der Waals surface area contributed by atoms with Gasteiger partial charge in [0.05, 0.1) is 13.2 Å². The Morgan fingerprint density at radius 2 is 0.920 bits per heavy atom. The van der Waals surface area contributed by atoms with Gasteiger partial charge in [0.1, 0.15) is 42.7 Å². The van der Waals surface area contributed by atoms with E-state index in [1.807, 2.05) is 0 Å². The van der Waals surface area contributed by atoms with Crippen LogP contribution < -0.4 is 0 Å². The third-order valence-corrected chi connectivity index (χ3v) is 3.52. The normalized spacial score (nSPS) is 23.9. The first-order valence-electron chi connectivity index (χ1n) is 11.4. The van der Waals surface area contributed by atoms with Gasteiger partial charge in [0, 0.05) is 20.3 Å². The largest absolute Gasteiger partial charge is 0.483 e. The van der Waals surface area contributed by atoms with Crippen LogP contribution in [-0.4, -0.2) is 202 Å². The number of aliphatic hydroxyl groups excluding tert-OH is 12. The van der Waals surface area contributed by atoms with E-state index in [4.69, 9.17) is 110 Å². The monoisotopic (exact) mass is 760 g/mol. The van der Waals surface area contributed by atoms with Gasteiger partial charge < -0.3 is 91.5 Å². The molecule has 0 aromatic heterocycles. The molecule has 17 N–H and O–H groups in total. The minimum atomic E-state index is -1.82. The highest BCUT2D eigenvalue weighted by Gasteiger charge is 2.42. The Kier molecular flexibility index (Phi) is 98.5. The smallest absolute Gasteiger partial charge is 0.414 e. The van der Waals surface area contributed by atoms with Crippen molar-refractivity contribution >= 4 is 30.7 Å². The molecule has 2 fully saturated rings. The van der Waals surface area contributed by atoms with Crippen LogP contribution in [0.4, 0.5) is 0 Å². The summed E-state index contributed by atoms with van der Waals surface area (Å²) in [6.45, 7) is 2.93. The first kappa shape index (κ1) is 80.9. The van der Waals surface area contributed by atoms with Crippen molar-refractivity contribution in [3.05, 3.63) is 0 Å². The molecule has 2 saturated heterocycles. The van der Waals surface area contributed by atoms with E-state index >= 15 is 0 Å². The van der Waals surface area contributed by atoms with Crippen molar-refractivity contribution in [2.45, 2.75) is 98.9 Å². The number of aliphatic hydroxyl groups is 12. The molecule has 9 atom stereocenters. The number of carbonyl (C=O) groups is 3. The first-order chi connectivity index (χ1) is 20.9. The molecule has 0 amide bonds. The standard InChI is InChI=1S/C6H12O6.C5H10O5.C2H2O4.2C2H6O.CH2O2.2CO2.CH4O.4CH4.H2O/c7-1-2-3(8)4(9)5(10)6(11)12-2;6-2-1-10-5(9)4(8)3(2)7;3-1(4)2(5)6;2*1-2-3;3*2-1-3;1-2;;;;;/h2-11H,1H2;2-9H,1H2;(H,3,4)(H,5,6);2*3H,2H2,1H3;1H,(H,2,3);;;2H,1H3;4*1H4;1H2/t2?,3-,4+,5?,6+;2-,3+,4?,5-;;;;;;;;;;;;/m11............/s1. The lowest BCUT2D eigenvalue weighted by Gasteiger charge is -2.37. The predicted molar refractivity (Wildman–Crippen MR) is 164 cm³/mol. The lowest BCUT2D eigenvalue weighted by Crippen LogP contribution is -2.58. The van der Waals surface area contributed by atoms with Crippen LogP contribution in [0.3, 0.4) is 0 Å². The average molecular weight is 761 g/mol. The van der Waals surface area contributed by atoms with Crippen molar-refractivity contribution in [2.24, 2.45) is 0 Å². The minimum Gasteiger partial charge on any atom is -0.483 e. The van der Waals surface area contributed by atoms with Crippen LogP contribution in [0.1, 0.15) is 43.6 Å². The molecule has 50 heavy (non-hydrogen) atoms. The number of hydrogen-bond acceptors (Lipinski definition) is 21. The maximum atomic E-state index is 9.12. The molecule has 0 spiro atoms. The molecule has 2 heterocycles. The van der Waals surface area contributed by atoms with Gasteiger partial charge >= 0.3 is 24.2 Å². The van der Waals surface area contributed by atoms with Gasteiger partial charge in [-0.15, -0.1) is 0 Å². The van der Waals surface area contributed by atoms with E-state index in [1.165, 1.54) is 0 Å². The molecule has 2 aliphatic rings.